The number of nitrogens with one attached hydrogen (secondary N) is 1. The van der Waals surface area contributed by atoms with Crippen molar-refractivity contribution < 1.29 is 14.3 Å². The van der Waals surface area contributed by atoms with Gasteiger partial charge in [-0.2, -0.15) is 0 Å². The standard InChI is InChI=1S/C20H23ClN2O3/c1-4-15-7-5-6-8-17(15)22-20(25)11-12-23(14(2)24)18-13-16(21)9-10-19(18)26-3/h5-10,13H,4,11-12H2,1-3H3,(H,22,25). The summed E-state index contributed by atoms with van der Waals surface area (Å²) in [4.78, 5) is 25.9. The molecule has 0 aliphatic carbocycles. The van der Waals surface area contributed by atoms with Crippen LogP contribution in [-0.2, 0) is 16.0 Å². The predicted octanol–water partition coefficient (Wildman–Crippen LogP) is 4.29. The van der Waals surface area contributed by atoms with E-state index in [1.807, 2.05) is 31.2 Å². The van der Waals surface area contributed by atoms with E-state index >= 15 is 0 Å². The van der Waals surface area contributed by atoms with Crippen molar-refractivity contribution in [3.63, 3.8) is 0 Å². The molecule has 138 valence electrons. The van der Waals surface area contributed by atoms with Crippen molar-refractivity contribution in [1.29, 1.82) is 0 Å². The number of benzene rings is 2. The molecule has 1 N–H and O–H groups in total. The smallest absolute Gasteiger partial charge is 0.226 e. The van der Waals surface area contributed by atoms with Crippen LogP contribution in [0.2, 0.25) is 5.02 Å². The molecule has 0 fully saturated rings. The Morgan fingerprint density at radius 1 is 1.19 bits per heavy atom. The maximum absolute atomic E-state index is 12.4. The van der Waals surface area contributed by atoms with Gasteiger partial charge in [0.1, 0.15) is 5.75 Å². The van der Waals surface area contributed by atoms with E-state index in [2.05, 4.69) is 5.32 Å². The number of aryl methyl sites for hydroxylation is 1. The molecule has 0 saturated carbocycles. The average molecular weight is 375 g/mol. The van der Waals surface area contributed by atoms with Gasteiger partial charge in [0, 0.05) is 30.6 Å². The SMILES string of the molecule is CCc1ccccc1NC(=O)CCN(C(C)=O)c1cc(Cl)ccc1OC. The zero-order chi connectivity index (χ0) is 19.1. The van der Waals surface area contributed by atoms with Crippen LogP contribution in [-0.4, -0.2) is 25.5 Å². The molecule has 0 spiro atoms. The Balaban J connectivity index is 2.11. The Kier molecular flexibility index (Phi) is 7.04. The molecular weight excluding hydrogens is 352 g/mol. The van der Waals surface area contributed by atoms with Gasteiger partial charge < -0.3 is 15.0 Å². The van der Waals surface area contributed by atoms with Crippen LogP contribution >= 0.6 is 11.6 Å². The van der Waals surface area contributed by atoms with Crippen LogP contribution in [0.5, 0.6) is 5.75 Å². The van der Waals surface area contributed by atoms with Crippen molar-refractivity contribution in [1.82, 2.24) is 0 Å². The lowest BCUT2D eigenvalue weighted by atomic mass is 10.1. The van der Waals surface area contributed by atoms with Crippen molar-refractivity contribution in [3.05, 3.63) is 53.1 Å². The van der Waals surface area contributed by atoms with E-state index in [4.69, 9.17) is 16.3 Å². The molecule has 0 aliphatic rings. The number of anilines is 2. The molecule has 5 nitrogen and oxygen atoms in total. The molecule has 0 aliphatic heterocycles. The first-order valence-electron chi connectivity index (χ1n) is 8.45. The molecule has 2 rings (SSSR count). The van der Waals surface area contributed by atoms with Crippen molar-refractivity contribution >= 4 is 34.8 Å². The quantitative estimate of drug-likeness (QED) is 0.786. The van der Waals surface area contributed by atoms with E-state index in [-0.39, 0.29) is 24.8 Å². The first-order chi connectivity index (χ1) is 12.5. The Labute approximate surface area is 158 Å². The minimum Gasteiger partial charge on any atom is -0.495 e. The second-order valence-corrected chi connectivity index (χ2v) is 6.23. The number of halogens is 1. The number of carbonyl (C=O) groups is 2. The molecule has 0 bridgehead atoms. The minimum atomic E-state index is -0.188. The number of para-hydroxylation sites is 1. The first kappa shape index (κ1) is 19.8. The third-order valence-corrected chi connectivity index (χ3v) is 4.28. The largest absolute Gasteiger partial charge is 0.495 e. The molecule has 0 heterocycles. The molecule has 2 amide bonds. The van der Waals surface area contributed by atoms with Gasteiger partial charge in [-0.1, -0.05) is 36.7 Å². The maximum Gasteiger partial charge on any atom is 0.226 e. The second kappa shape index (κ2) is 9.25. The Hall–Kier alpha value is -2.53. The number of rotatable bonds is 7. The van der Waals surface area contributed by atoms with E-state index in [1.165, 1.54) is 18.9 Å². The van der Waals surface area contributed by atoms with Crippen molar-refractivity contribution in [2.45, 2.75) is 26.7 Å². The van der Waals surface area contributed by atoms with E-state index in [0.29, 0.717) is 16.5 Å². The highest BCUT2D eigenvalue weighted by atomic mass is 35.5. The summed E-state index contributed by atoms with van der Waals surface area (Å²) in [6, 6.07) is 12.7. The molecule has 0 radical (unpaired) electrons. The Bertz CT molecular complexity index is 792. The van der Waals surface area contributed by atoms with Crippen LogP contribution in [0.15, 0.2) is 42.5 Å². The lowest BCUT2D eigenvalue weighted by Crippen LogP contribution is -2.32. The molecule has 26 heavy (non-hydrogen) atoms. The highest BCUT2D eigenvalue weighted by molar-refractivity contribution is 6.31. The zero-order valence-electron chi connectivity index (χ0n) is 15.2. The van der Waals surface area contributed by atoms with E-state index < -0.39 is 0 Å². The van der Waals surface area contributed by atoms with Gasteiger partial charge in [0.25, 0.3) is 0 Å². The average Bonchev–Trinajstić information content (AvgIpc) is 2.62. The van der Waals surface area contributed by atoms with Gasteiger partial charge in [0.15, 0.2) is 0 Å². The number of nitrogens with zero attached hydrogens (tertiary/aromatic N) is 1. The van der Waals surface area contributed by atoms with Gasteiger partial charge in [0.05, 0.1) is 12.8 Å². The number of methoxy groups -OCH3 is 1. The molecule has 0 saturated heterocycles. The lowest BCUT2D eigenvalue weighted by Gasteiger charge is -2.23. The number of carbonyl (C=O) groups excluding carboxylic acids is 2. The van der Waals surface area contributed by atoms with Crippen LogP contribution in [0.25, 0.3) is 0 Å². The summed E-state index contributed by atoms with van der Waals surface area (Å²) in [5, 5.41) is 3.41. The fourth-order valence-corrected chi connectivity index (χ4v) is 2.86. The zero-order valence-corrected chi connectivity index (χ0v) is 16.0. The van der Waals surface area contributed by atoms with Gasteiger partial charge in [-0.15, -0.1) is 0 Å². The minimum absolute atomic E-state index is 0.154. The summed E-state index contributed by atoms with van der Waals surface area (Å²) in [7, 11) is 1.53. The van der Waals surface area contributed by atoms with Crippen LogP contribution in [0, 0.1) is 0 Å². The van der Waals surface area contributed by atoms with Crippen LogP contribution in [0.3, 0.4) is 0 Å². The summed E-state index contributed by atoms with van der Waals surface area (Å²) in [6.45, 7) is 3.71. The predicted molar refractivity (Wildman–Crippen MR) is 105 cm³/mol. The molecule has 6 heteroatoms. The first-order valence-corrected chi connectivity index (χ1v) is 8.83. The fourth-order valence-electron chi connectivity index (χ4n) is 2.70. The highest BCUT2D eigenvalue weighted by Crippen LogP contribution is 2.31. The van der Waals surface area contributed by atoms with Crippen LogP contribution < -0.4 is 15.0 Å². The molecule has 2 aromatic carbocycles. The number of hydrogen-bond acceptors (Lipinski definition) is 3. The normalized spacial score (nSPS) is 10.3. The monoisotopic (exact) mass is 374 g/mol. The van der Waals surface area contributed by atoms with Gasteiger partial charge in [-0.25, -0.2) is 0 Å². The third-order valence-electron chi connectivity index (χ3n) is 4.05. The number of ether oxygens (including phenoxy) is 1. The van der Waals surface area contributed by atoms with Crippen LogP contribution in [0.4, 0.5) is 11.4 Å². The molecule has 2 aromatic rings. The van der Waals surface area contributed by atoms with Gasteiger partial charge in [-0.3, -0.25) is 9.59 Å². The fraction of sp³-hybridized carbons (Fsp3) is 0.300. The van der Waals surface area contributed by atoms with Crippen LogP contribution in [0.1, 0.15) is 25.8 Å². The number of amides is 2. The van der Waals surface area contributed by atoms with E-state index in [9.17, 15) is 9.59 Å². The Morgan fingerprint density at radius 2 is 1.92 bits per heavy atom. The third kappa shape index (κ3) is 4.99. The topological polar surface area (TPSA) is 58.6 Å². The maximum atomic E-state index is 12.4. The summed E-state index contributed by atoms with van der Waals surface area (Å²) < 4.78 is 5.31. The molecule has 0 atom stereocenters. The van der Waals surface area contributed by atoms with Gasteiger partial charge >= 0.3 is 0 Å². The van der Waals surface area contributed by atoms with Gasteiger partial charge in [-0.05, 0) is 36.2 Å². The van der Waals surface area contributed by atoms with Crippen molar-refractivity contribution in [2.75, 3.05) is 23.9 Å². The van der Waals surface area contributed by atoms with E-state index in [1.54, 1.807) is 18.2 Å². The van der Waals surface area contributed by atoms with Crippen molar-refractivity contribution in [2.24, 2.45) is 0 Å². The van der Waals surface area contributed by atoms with E-state index in [0.717, 1.165) is 17.7 Å². The summed E-state index contributed by atoms with van der Waals surface area (Å²) in [6.07, 6.45) is 0.989. The second-order valence-electron chi connectivity index (χ2n) is 5.80. The molecule has 0 unspecified atom stereocenters. The number of hydrogen-bond donors (Lipinski definition) is 1. The molecular formula is C20H23ClN2O3. The summed E-state index contributed by atoms with van der Waals surface area (Å²) >= 11 is 6.05. The van der Waals surface area contributed by atoms with Crippen molar-refractivity contribution in [3.8, 4) is 5.75 Å². The lowest BCUT2D eigenvalue weighted by molar-refractivity contribution is -0.117. The van der Waals surface area contributed by atoms with Gasteiger partial charge in [0.2, 0.25) is 11.8 Å². The Morgan fingerprint density at radius 3 is 2.58 bits per heavy atom. The molecule has 0 aromatic heterocycles. The summed E-state index contributed by atoms with van der Waals surface area (Å²) in [5.41, 5.74) is 2.42. The highest BCUT2D eigenvalue weighted by Gasteiger charge is 2.18. The summed E-state index contributed by atoms with van der Waals surface area (Å²) in [5.74, 6) is 0.187.